The minimum Gasteiger partial charge on any atom is -0.341 e. The number of carbonyl (C=O) groups excluding carboxylic acids is 1. The Morgan fingerprint density at radius 2 is 2.00 bits per heavy atom. The van der Waals surface area contributed by atoms with Crippen LogP contribution in [0.5, 0.6) is 0 Å². The number of hydrogen-bond donors (Lipinski definition) is 1. The van der Waals surface area contributed by atoms with E-state index in [0.29, 0.717) is 5.91 Å². The van der Waals surface area contributed by atoms with E-state index >= 15 is 0 Å². The first-order valence-electron chi connectivity index (χ1n) is 6.66. The summed E-state index contributed by atoms with van der Waals surface area (Å²) in [4.78, 5) is 14.5. The molecule has 2 saturated heterocycles. The molecule has 16 heavy (non-hydrogen) atoms. The zero-order valence-electron chi connectivity index (χ0n) is 10.6. The molecule has 1 atom stereocenters. The molecule has 2 aliphatic heterocycles. The lowest BCUT2D eigenvalue weighted by Crippen LogP contribution is -2.59. The zero-order valence-corrected chi connectivity index (χ0v) is 10.6. The molecule has 0 aliphatic carbocycles. The van der Waals surface area contributed by atoms with Crippen molar-refractivity contribution in [3.05, 3.63) is 0 Å². The number of hydrogen-bond acceptors (Lipinski definition) is 2. The van der Waals surface area contributed by atoms with Crippen LogP contribution in [0.4, 0.5) is 0 Å². The van der Waals surface area contributed by atoms with Gasteiger partial charge >= 0.3 is 0 Å². The SMILES string of the molecule is CC1CCN(C(=O)C2(C)CCCCN2)CC1. The molecule has 3 nitrogen and oxygen atoms in total. The quantitative estimate of drug-likeness (QED) is 0.736. The lowest BCUT2D eigenvalue weighted by molar-refractivity contribution is -0.140. The van der Waals surface area contributed by atoms with Crippen molar-refractivity contribution in [2.45, 2.75) is 51.5 Å². The number of rotatable bonds is 1. The standard InChI is InChI=1S/C13H24N2O/c1-11-5-9-15(10-6-11)12(16)13(2)7-3-4-8-14-13/h11,14H,3-10H2,1-2H3. The van der Waals surface area contributed by atoms with Crippen LogP contribution in [0.15, 0.2) is 0 Å². The van der Waals surface area contributed by atoms with E-state index in [1.165, 1.54) is 25.7 Å². The predicted molar refractivity (Wildman–Crippen MR) is 65.2 cm³/mol. The normalized spacial score (nSPS) is 32.8. The smallest absolute Gasteiger partial charge is 0.242 e. The summed E-state index contributed by atoms with van der Waals surface area (Å²) >= 11 is 0. The Labute approximate surface area is 98.6 Å². The maximum absolute atomic E-state index is 12.4. The Bertz CT molecular complexity index is 251. The largest absolute Gasteiger partial charge is 0.341 e. The summed E-state index contributed by atoms with van der Waals surface area (Å²) < 4.78 is 0. The average Bonchev–Trinajstić information content (AvgIpc) is 2.30. The molecule has 2 fully saturated rings. The molecule has 92 valence electrons. The van der Waals surface area contributed by atoms with Crippen LogP contribution in [0.1, 0.15) is 46.0 Å². The van der Waals surface area contributed by atoms with E-state index in [-0.39, 0.29) is 5.54 Å². The van der Waals surface area contributed by atoms with Gasteiger partial charge in [0.1, 0.15) is 0 Å². The third-order valence-electron chi connectivity index (χ3n) is 4.16. The molecule has 0 aromatic rings. The van der Waals surface area contributed by atoms with Crippen molar-refractivity contribution in [1.29, 1.82) is 0 Å². The molecule has 1 N–H and O–H groups in total. The molecule has 2 heterocycles. The highest BCUT2D eigenvalue weighted by Gasteiger charge is 2.38. The molecule has 0 saturated carbocycles. The van der Waals surface area contributed by atoms with E-state index in [0.717, 1.165) is 32.0 Å². The first kappa shape index (κ1) is 11.9. The summed E-state index contributed by atoms with van der Waals surface area (Å²) in [7, 11) is 0. The van der Waals surface area contributed by atoms with Gasteiger partial charge in [0.15, 0.2) is 0 Å². The second kappa shape index (κ2) is 4.74. The molecule has 0 spiro atoms. The van der Waals surface area contributed by atoms with Gasteiger partial charge in [-0.3, -0.25) is 4.79 Å². The first-order chi connectivity index (χ1) is 7.62. The number of piperidine rings is 2. The molecule has 0 bridgehead atoms. The van der Waals surface area contributed by atoms with Gasteiger partial charge < -0.3 is 10.2 Å². The number of nitrogens with one attached hydrogen (secondary N) is 1. The maximum Gasteiger partial charge on any atom is 0.242 e. The predicted octanol–water partition coefficient (Wildman–Crippen LogP) is 1.78. The van der Waals surface area contributed by atoms with Crippen LogP contribution in [-0.2, 0) is 4.79 Å². The van der Waals surface area contributed by atoms with E-state index in [1.807, 2.05) is 0 Å². The summed E-state index contributed by atoms with van der Waals surface area (Å²) in [5, 5.41) is 3.41. The van der Waals surface area contributed by atoms with Gasteiger partial charge in [0.25, 0.3) is 0 Å². The molecule has 1 amide bonds. The topological polar surface area (TPSA) is 32.3 Å². The minimum absolute atomic E-state index is 0.279. The van der Waals surface area contributed by atoms with Gasteiger partial charge in [0.05, 0.1) is 5.54 Å². The highest BCUT2D eigenvalue weighted by atomic mass is 16.2. The molecule has 1 unspecified atom stereocenters. The van der Waals surface area contributed by atoms with E-state index in [2.05, 4.69) is 24.1 Å². The van der Waals surface area contributed by atoms with Crippen molar-refractivity contribution in [3.63, 3.8) is 0 Å². The summed E-state index contributed by atoms with van der Waals surface area (Å²) in [5.74, 6) is 1.12. The summed E-state index contributed by atoms with van der Waals surface area (Å²) in [6.45, 7) is 7.26. The fourth-order valence-corrected chi connectivity index (χ4v) is 2.80. The highest BCUT2D eigenvalue weighted by molar-refractivity contribution is 5.86. The van der Waals surface area contributed by atoms with Crippen molar-refractivity contribution in [1.82, 2.24) is 10.2 Å². The highest BCUT2D eigenvalue weighted by Crippen LogP contribution is 2.24. The summed E-state index contributed by atoms with van der Waals surface area (Å²) in [6, 6.07) is 0. The molecule has 0 aromatic carbocycles. The second-order valence-electron chi connectivity index (χ2n) is 5.69. The van der Waals surface area contributed by atoms with Crippen LogP contribution in [0.2, 0.25) is 0 Å². The van der Waals surface area contributed by atoms with Crippen molar-refractivity contribution >= 4 is 5.91 Å². The monoisotopic (exact) mass is 224 g/mol. The van der Waals surface area contributed by atoms with Gasteiger partial charge in [-0.15, -0.1) is 0 Å². The number of amides is 1. The van der Waals surface area contributed by atoms with Gasteiger partial charge in [-0.25, -0.2) is 0 Å². The summed E-state index contributed by atoms with van der Waals surface area (Å²) in [6.07, 6.45) is 5.72. The van der Waals surface area contributed by atoms with Gasteiger partial charge in [0, 0.05) is 13.1 Å². The molecular weight excluding hydrogens is 200 g/mol. The Balaban J connectivity index is 1.95. The fraction of sp³-hybridized carbons (Fsp3) is 0.923. The first-order valence-corrected chi connectivity index (χ1v) is 6.66. The minimum atomic E-state index is -0.279. The van der Waals surface area contributed by atoms with Gasteiger partial charge in [-0.05, 0) is 51.5 Å². The van der Waals surface area contributed by atoms with Crippen LogP contribution in [0.25, 0.3) is 0 Å². The van der Waals surface area contributed by atoms with Crippen LogP contribution in [0.3, 0.4) is 0 Å². The maximum atomic E-state index is 12.4. The van der Waals surface area contributed by atoms with E-state index < -0.39 is 0 Å². The van der Waals surface area contributed by atoms with Crippen LogP contribution in [0, 0.1) is 5.92 Å². The molecule has 3 heteroatoms. The van der Waals surface area contributed by atoms with E-state index in [1.54, 1.807) is 0 Å². The Hall–Kier alpha value is -0.570. The van der Waals surface area contributed by atoms with E-state index in [9.17, 15) is 4.79 Å². The number of carbonyl (C=O) groups is 1. The molecule has 0 aromatic heterocycles. The van der Waals surface area contributed by atoms with Crippen molar-refractivity contribution in [2.24, 2.45) is 5.92 Å². The average molecular weight is 224 g/mol. The third kappa shape index (κ3) is 2.40. The molecule has 0 radical (unpaired) electrons. The van der Waals surface area contributed by atoms with Crippen LogP contribution in [-0.4, -0.2) is 36.0 Å². The Morgan fingerprint density at radius 1 is 1.31 bits per heavy atom. The molecule has 2 aliphatic rings. The van der Waals surface area contributed by atoms with Crippen molar-refractivity contribution in [2.75, 3.05) is 19.6 Å². The van der Waals surface area contributed by atoms with Crippen LogP contribution < -0.4 is 5.32 Å². The van der Waals surface area contributed by atoms with Gasteiger partial charge in [0.2, 0.25) is 5.91 Å². The molecule has 2 rings (SSSR count). The number of likely N-dealkylation sites (tertiary alicyclic amines) is 1. The third-order valence-corrected chi connectivity index (χ3v) is 4.16. The summed E-state index contributed by atoms with van der Waals surface area (Å²) in [5.41, 5.74) is -0.279. The lowest BCUT2D eigenvalue weighted by Gasteiger charge is -2.40. The fourth-order valence-electron chi connectivity index (χ4n) is 2.80. The van der Waals surface area contributed by atoms with Crippen molar-refractivity contribution < 1.29 is 4.79 Å². The van der Waals surface area contributed by atoms with Gasteiger partial charge in [-0.2, -0.15) is 0 Å². The Morgan fingerprint density at radius 3 is 2.56 bits per heavy atom. The second-order valence-corrected chi connectivity index (χ2v) is 5.69. The van der Waals surface area contributed by atoms with Gasteiger partial charge in [-0.1, -0.05) is 6.92 Å². The lowest BCUT2D eigenvalue weighted by atomic mass is 9.88. The van der Waals surface area contributed by atoms with Crippen molar-refractivity contribution in [3.8, 4) is 0 Å². The van der Waals surface area contributed by atoms with Crippen LogP contribution >= 0.6 is 0 Å². The van der Waals surface area contributed by atoms with E-state index in [4.69, 9.17) is 0 Å². The molecular formula is C13H24N2O. The number of nitrogens with zero attached hydrogens (tertiary/aromatic N) is 1. The zero-order chi connectivity index (χ0) is 11.6. The Kier molecular flexibility index (Phi) is 3.53.